The Bertz CT molecular complexity index is 428. The third-order valence-electron chi connectivity index (χ3n) is 3.78. The molecule has 3 nitrogen and oxygen atoms in total. The van der Waals surface area contributed by atoms with Gasteiger partial charge in [-0.2, -0.15) is 0 Å². The Morgan fingerprint density at radius 1 is 1.26 bits per heavy atom. The van der Waals surface area contributed by atoms with Crippen molar-refractivity contribution in [3.63, 3.8) is 0 Å². The zero-order chi connectivity index (χ0) is 13.1. The van der Waals surface area contributed by atoms with Gasteiger partial charge in [-0.25, -0.2) is 0 Å². The topological polar surface area (TPSA) is 24.5 Å². The first-order chi connectivity index (χ1) is 9.31. The van der Waals surface area contributed by atoms with Crippen LogP contribution in [0.4, 0.5) is 0 Å². The molecule has 3 rings (SSSR count). The minimum absolute atomic E-state index is 0.744. The van der Waals surface area contributed by atoms with Crippen molar-refractivity contribution in [2.24, 2.45) is 5.92 Å². The fourth-order valence-corrected chi connectivity index (χ4v) is 2.64. The van der Waals surface area contributed by atoms with Crippen molar-refractivity contribution in [3.05, 3.63) is 28.8 Å². The van der Waals surface area contributed by atoms with Crippen LogP contribution in [-0.4, -0.2) is 37.7 Å². The smallest absolute Gasteiger partial charge is 0.137 e. The first-order valence-electron chi connectivity index (χ1n) is 7.15. The highest BCUT2D eigenvalue weighted by molar-refractivity contribution is 6.32. The molecule has 0 radical (unpaired) electrons. The summed E-state index contributed by atoms with van der Waals surface area (Å²) in [5.74, 6) is 1.59. The maximum Gasteiger partial charge on any atom is 0.137 e. The quantitative estimate of drug-likeness (QED) is 0.897. The van der Waals surface area contributed by atoms with Gasteiger partial charge in [-0.05, 0) is 36.5 Å². The second-order valence-corrected chi connectivity index (χ2v) is 5.95. The second kappa shape index (κ2) is 6.12. The van der Waals surface area contributed by atoms with E-state index in [-0.39, 0.29) is 0 Å². The fraction of sp³-hybridized carbons (Fsp3) is 0.600. The molecule has 1 aliphatic heterocycles. The van der Waals surface area contributed by atoms with Crippen LogP contribution in [0.15, 0.2) is 18.2 Å². The number of ether oxygens (including phenoxy) is 1. The molecule has 4 heteroatoms. The summed E-state index contributed by atoms with van der Waals surface area (Å²) in [6, 6.07) is 6.20. The summed E-state index contributed by atoms with van der Waals surface area (Å²) in [5, 5.41) is 4.11. The van der Waals surface area contributed by atoms with Gasteiger partial charge < -0.3 is 10.1 Å². The van der Waals surface area contributed by atoms with Gasteiger partial charge in [-0.3, -0.25) is 4.90 Å². The molecule has 2 aliphatic rings. The first-order valence-corrected chi connectivity index (χ1v) is 7.53. The van der Waals surface area contributed by atoms with E-state index >= 15 is 0 Å². The Balaban J connectivity index is 1.57. The number of benzene rings is 1. The Labute approximate surface area is 119 Å². The van der Waals surface area contributed by atoms with Crippen molar-refractivity contribution in [1.29, 1.82) is 0 Å². The summed E-state index contributed by atoms with van der Waals surface area (Å²) in [7, 11) is 0. The molecule has 19 heavy (non-hydrogen) atoms. The van der Waals surface area contributed by atoms with Gasteiger partial charge in [0.25, 0.3) is 0 Å². The second-order valence-electron chi connectivity index (χ2n) is 5.55. The van der Waals surface area contributed by atoms with Crippen molar-refractivity contribution < 1.29 is 4.74 Å². The van der Waals surface area contributed by atoms with Gasteiger partial charge in [0.2, 0.25) is 0 Å². The van der Waals surface area contributed by atoms with E-state index in [1.807, 2.05) is 12.1 Å². The molecule has 0 spiro atoms. The SMILES string of the molecule is Clc1cc(CN2CCNCC2)ccc1OCC1CC1. The van der Waals surface area contributed by atoms with Crippen LogP contribution in [0.2, 0.25) is 5.02 Å². The largest absolute Gasteiger partial charge is 0.492 e. The molecule has 1 N–H and O–H groups in total. The Kier molecular flexibility index (Phi) is 4.26. The molecule has 0 bridgehead atoms. The van der Waals surface area contributed by atoms with Crippen molar-refractivity contribution in [2.45, 2.75) is 19.4 Å². The first kappa shape index (κ1) is 13.2. The Morgan fingerprint density at radius 2 is 2.05 bits per heavy atom. The predicted octanol–water partition coefficient (Wildman–Crippen LogP) is 2.53. The molecule has 0 atom stereocenters. The highest BCUT2D eigenvalue weighted by Gasteiger charge is 2.22. The molecule has 1 saturated carbocycles. The van der Waals surface area contributed by atoms with Crippen molar-refractivity contribution in [1.82, 2.24) is 10.2 Å². The average molecular weight is 281 g/mol. The van der Waals surface area contributed by atoms with Gasteiger partial charge in [-0.15, -0.1) is 0 Å². The monoisotopic (exact) mass is 280 g/mol. The van der Waals surface area contributed by atoms with Crippen LogP contribution >= 0.6 is 11.6 Å². The molecular formula is C15H21ClN2O. The lowest BCUT2D eigenvalue weighted by Gasteiger charge is -2.27. The molecule has 1 saturated heterocycles. The van der Waals surface area contributed by atoms with E-state index in [2.05, 4.69) is 16.3 Å². The summed E-state index contributed by atoms with van der Waals surface area (Å²) in [5.41, 5.74) is 1.27. The standard InChI is InChI=1S/C15H21ClN2O/c16-14-9-13(10-18-7-5-17-6-8-18)3-4-15(14)19-11-12-1-2-12/h3-4,9,12,17H,1-2,5-8,10-11H2. The molecule has 0 amide bonds. The number of rotatable bonds is 5. The number of hydrogen-bond donors (Lipinski definition) is 1. The third-order valence-corrected chi connectivity index (χ3v) is 4.08. The van der Waals surface area contributed by atoms with Crippen molar-refractivity contribution in [3.8, 4) is 5.75 Å². The summed E-state index contributed by atoms with van der Waals surface area (Å²) < 4.78 is 5.75. The van der Waals surface area contributed by atoms with Gasteiger partial charge in [0.1, 0.15) is 5.75 Å². The van der Waals surface area contributed by atoms with Gasteiger partial charge in [0, 0.05) is 32.7 Å². The van der Waals surface area contributed by atoms with Crippen molar-refractivity contribution >= 4 is 11.6 Å². The highest BCUT2D eigenvalue weighted by atomic mass is 35.5. The van der Waals surface area contributed by atoms with E-state index in [1.165, 1.54) is 18.4 Å². The van der Waals surface area contributed by atoms with Crippen LogP contribution in [0, 0.1) is 5.92 Å². The maximum atomic E-state index is 6.30. The Morgan fingerprint density at radius 3 is 2.74 bits per heavy atom. The van der Waals surface area contributed by atoms with Gasteiger partial charge in [0.15, 0.2) is 0 Å². The zero-order valence-electron chi connectivity index (χ0n) is 11.2. The summed E-state index contributed by atoms with van der Waals surface area (Å²) >= 11 is 6.30. The number of nitrogens with zero attached hydrogens (tertiary/aromatic N) is 1. The molecule has 1 aromatic rings. The minimum Gasteiger partial charge on any atom is -0.492 e. The molecule has 1 aromatic carbocycles. The van der Waals surface area contributed by atoms with E-state index in [4.69, 9.17) is 16.3 Å². The number of piperazine rings is 1. The molecule has 0 unspecified atom stereocenters. The number of nitrogens with one attached hydrogen (secondary N) is 1. The molecule has 1 aliphatic carbocycles. The zero-order valence-corrected chi connectivity index (χ0v) is 12.0. The van der Waals surface area contributed by atoms with Crippen LogP contribution in [0.3, 0.4) is 0 Å². The average Bonchev–Trinajstić information content (AvgIpc) is 3.23. The molecule has 2 fully saturated rings. The van der Waals surface area contributed by atoms with Crippen LogP contribution in [0.5, 0.6) is 5.75 Å². The van der Waals surface area contributed by atoms with Crippen molar-refractivity contribution in [2.75, 3.05) is 32.8 Å². The molecule has 0 aromatic heterocycles. The molecular weight excluding hydrogens is 260 g/mol. The van der Waals surface area contributed by atoms with E-state index in [9.17, 15) is 0 Å². The predicted molar refractivity (Wildman–Crippen MR) is 77.8 cm³/mol. The lowest BCUT2D eigenvalue weighted by Crippen LogP contribution is -2.42. The third kappa shape index (κ3) is 3.85. The summed E-state index contributed by atoms with van der Waals surface area (Å²) in [4.78, 5) is 2.45. The van der Waals surface area contributed by atoms with Gasteiger partial charge >= 0.3 is 0 Å². The molecule has 1 heterocycles. The van der Waals surface area contributed by atoms with E-state index in [0.29, 0.717) is 0 Å². The maximum absolute atomic E-state index is 6.30. The van der Waals surface area contributed by atoms with E-state index in [0.717, 1.165) is 56.0 Å². The van der Waals surface area contributed by atoms with Crippen LogP contribution < -0.4 is 10.1 Å². The van der Waals surface area contributed by atoms with Gasteiger partial charge in [-0.1, -0.05) is 17.7 Å². The summed E-state index contributed by atoms with van der Waals surface area (Å²) in [6.07, 6.45) is 2.61. The fourth-order valence-electron chi connectivity index (χ4n) is 2.38. The number of hydrogen-bond acceptors (Lipinski definition) is 3. The van der Waals surface area contributed by atoms with Crippen LogP contribution in [0.25, 0.3) is 0 Å². The van der Waals surface area contributed by atoms with E-state index < -0.39 is 0 Å². The van der Waals surface area contributed by atoms with E-state index in [1.54, 1.807) is 0 Å². The van der Waals surface area contributed by atoms with Crippen LogP contribution in [0.1, 0.15) is 18.4 Å². The lowest BCUT2D eigenvalue weighted by molar-refractivity contribution is 0.233. The molecule has 104 valence electrons. The summed E-state index contributed by atoms with van der Waals surface area (Å²) in [6.45, 7) is 6.17. The highest BCUT2D eigenvalue weighted by Crippen LogP contribution is 2.32. The minimum atomic E-state index is 0.744. The lowest BCUT2D eigenvalue weighted by atomic mass is 10.2. The normalized spacial score (nSPS) is 20.5. The Hall–Kier alpha value is -0.770. The van der Waals surface area contributed by atoms with Gasteiger partial charge in [0.05, 0.1) is 11.6 Å². The van der Waals surface area contributed by atoms with Crippen LogP contribution in [-0.2, 0) is 6.54 Å². The number of halogens is 1.